The molecule has 0 amide bonds. The number of halogens is 4. The lowest BCUT2D eigenvalue weighted by Gasteiger charge is -2.23. The number of nitrogens with one attached hydrogen (secondary N) is 2. The van der Waals surface area contributed by atoms with Crippen LogP contribution in [0.2, 0.25) is 0 Å². The minimum absolute atomic E-state index is 0. The quantitative estimate of drug-likeness (QED) is 0.896. The van der Waals surface area contributed by atoms with Crippen molar-refractivity contribution < 1.29 is 8.78 Å². The van der Waals surface area contributed by atoms with Crippen LogP contribution in [0.1, 0.15) is 18.4 Å². The van der Waals surface area contributed by atoms with Gasteiger partial charge in [0, 0.05) is 18.2 Å². The van der Waals surface area contributed by atoms with Crippen LogP contribution in [0, 0.1) is 11.6 Å². The average molecular weight is 299 g/mol. The molecule has 0 aromatic heterocycles. The number of piperidine rings is 1. The fourth-order valence-electron chi connectivity index (χ4n) is 1.97. The second-order valence-electron chi connectivity index (χ2n) is 4.11. The molecular weight excluding hydrogens is 281 g/mol. The van der Waals surface area contributed by atoms with Gasteiger partial charge in [-0.3, -0.25) is 0 Å². The van der Waals surface area contributed by atoms with Crippen LogP contribution >= 0.6 is 24.8 Å². The Morgan fingerprint density at radius 3 is 2.22 bits per heavy atom. The van der Waals surface area contributed by atoms with Crippen LogP contribution in [-0.2, 0) is 6.54 Å². The first-order chi connectivity index (χ1) is 7.77. The summed E-state index contributed by atoms with van der Waals surface area (Å²) in [4.78, 5) is 0. The molecule has 2 rings (SSSR count). The fraction of sp³-hybridized carbons (Fsp3) is 0.500. The Labute approximate surface area is 118 Å². The van der Waals surface area contributed by atoms with Gasteiger partial charge in [-0.05, 0) is 38.1 Å². The van der Waals surface area contributed by atoms with Crippen LogP contribution in [0.5, 0.6) is 0 Å². The molecule has 1 aromatic rings. The normalized spacial score (nSPS) is 15.7. The largest absolute Gasteiger partial charge is 0.317 e. The van der Waals surface area contributed by atoms with E-state index in [9.17, 15) is 8.78 Å². The van der Waals surface area contributed by atoms with Crippen LogP contribution in [0.3, 0.4) is 0 Å². The van der Waals surface area contributed by atoms with Gasteiger partial charge in [0.05, 0.1) is 0 Å². The summed E-state index contributed by atoms with van der Waals surface area (Å²) in [5.41, 5.74) is 0.140. The van der Waals surface area contributed by atoms with Gasteiger partial charge < -0.3 is 10.6 Å². The van der Waals surface area contributed by atoms with Crippen molar-refractivity contribution in [2.24, 2.45) is 0 Å². The van der Waals surface area contributed by atoms with Gasteiger partial charge in [-0.2, -0.15) is 0 Å². The van der Waals surface area contributed by atoms with Gasteiger partial charge in [-0.1, -0.05) is 6.07 Å². The predicted octanol–water partition coefficient (Wildman–Crippen LogP) is 2.65. The van der Waals surface area contributed by atoms with Crippen LogP contribution in [0.4, 0.5) is 8.78 Å². The van der Waals surface area contributed by atoms with Crippen LogP contribution < -0.4 is 10.6 Å². The van der Waals surface area contributed by atoms with Gasteiger partial charge in [0.1, 0.15) is 11.6 Å². The minimum atomic E-state index is -0.471. The lowest BCUT2D eigenvalue weighted by Crippen LogP contribution is -2.39. The van der Waals surface area contributed by atoms with E-state index in [1.165, 1.54) is 18.2 Å². The van der Waals surface area contributed by atoms with E-state index < -0.39 is 11.6 Å². The third-order valence-corrected chi connectivity index (χ3v) is 2.97. The molecule has 0 radical (unpaired) electrons. The van der Waals surface area contributed by atoms with E-state index in [2.05, 4.69) is 10.6 Å². The summed E-state index contributed by atoms with van der Waals surface area (Å²) in [6.45, 7) is 2.21. The monoisotopic (exact) mass is 298 g/mol. The van der Waals surface area contributed by atoms with Gasteiger partial charge >= 0.3 is 0 Å². The summed E-state index contributed by atoms with van der Waals surface area (Å²) in [5.74, 6) is -0.942. The molecule has 2 nitrogen and oxygen atoms in total. The second-order valence-corrected chi connectivity index (χ2v) is 4.11. The highest BCUT2D eigenvalue weighted by molar-refractivity contribution is 5.85. The van der Waals surface area contributed by atoms with Crippen LogP contribution in [0.15, 0.2) is 18.2 Å². The van der Waals surface area contributed by atoms with Crippen molar-refractivity contribution in [3.8, 4) is 0 Å². The highest BCUT2D eigenvalue weighted by Crippen LogP contribution is 2.12. The van der Waals surface area contributed by atoms with Crippen molar-refractivity contribution in [3.05, 3.63) is 35.4 Å². The SMILES string of the molecule is Cl.Cl.Fc1cccc(F)c1CNC1CCNCC1. The Bertz CT molecular complexity index is 338. The molecule has 2 N–H and O–H groups in total. The molecule has 104 valence electrons. The zero-order valence-electron chi connectivity index (χ0n) is 9.92. The zero-order chi connectivity index (χ0) is 11.4. The summed E-state index contributed by atoms with van der Waals surface area (Å²) < 4.78 is 26.6. The maximum absolute atomic E-state index is 13.3. The molecule has 6 heteroatoms. The molecule has 1 aliphatic rings. The van der Waals surface area contributed by atoms with Gasteiger partial charge in [0.15, 0.2) is 0 Å². The third-order valence-electron chi connectivity index (χ3n) is 2.97. The van der Waals surface area contributed by atoms with Gasteiger partial charge in [0.25, 0.3) is 0 Å². The lowest BCUT2D eigenvalue weighted by atomic mass is 10.1. The first-order valence-electron chi connectivity index (χ1n) is 5.64. The van der Waals surface area contributed by atoms with E-state index in [0.717, 1.165) is 25.9 Å². The summed E-state index contributed by atoms with van der Waals surface area (Å²) in [6, 6.07) is 4.34. The summed E-state index contributed by atoms with van der Waals surface area (Å²) >= 11 is 0. The van der Waals surface area contributed by atoms with E-state index >= 15 is 0 Å². The lowest BCUT2D eigenvalue weighted by molar-refractivity contribution is 0.380. The molecule has 0 spiro atoms. The van der Waals surface area contributed by atoms with Gasteiger partial charge in [-0.15, -0.1) is 24.8 Å². The van der Waals surface area contributed by atoms with E-state index in [1.54, 1.807) is 0 Å². The number of rotatable bonds is 3. The van der Waals surface area contributed by atoms with E-state index in [-0.39, 0.29) is 36.9 Å². The van der Waals surface area contributed by atoms with E-state index in [0.29, 0.717) is 6.04 Å². The number of benzene rings is 1. The maximum atomic E-state index is 13.3. The maximum Gasteiger partial charge on any atom is 0.130 e. The molecule has 1 fully saturated rings. The van der Waals surface area contributed by atoms with Crippen molar-refractivity contribution in [1.82, 2.24) is 10.6 Å². The molecule has 0 unspecified atom stereocenters. The molecule has 1 aliphatic heterocycles. The second kappa shape index (κ2) is 8.64. The summed E-state index contributed by atoms with van der Waals surface area (Å²) in [5, 5.41) is 6.45. The van der Waals surface area contributed by atoms with Crippen molar-refractivity contribution in [1.29, 1.82) is 0 Å². The highest BCUT2D eigenvalue weighted by Gasteiger charge is 2.14. The molecule has 1 aromatic carbocycles. The number of hydrogen-bond donors (Lipinski definition) is 2. The highest BCUT2D eigenvalue weighted by atomic mass is 35.5. The third kappa shape index (κ3) is 4.69. The first kappa shape index (κ1) is 17.6. The zero-order valence-corrected chi connectivity index (χ0v) is 11.6. The molecular formula is C12H18Cl2F2N2. The Balaban J connectivity index is 0.00000144. The van der Waals surface area contributed by atoms with Crippen molar-refractivity contribution in [2.75, 3.05) is 13.1 Å². The summed E-state index contributed by atoms with van der Waals surface area (Å²) in [6.07, 6.45) is 2.02. The summed E-state index contributed by atoms with van der Waals surface area (Å²) in [7, 11) is 0. The Kier molecular flexibility index (Phi) is 8.44. The number of hydrogen-bond acceptors (Lipinski definition) is 2. The predicted molar refractivity (Wildman–Crippen MR) is 73.6 cm³/mol. The van der Waals surface area contributed by atoms with Crippen molar-refractivity contribution in [3.63, 3.8) is 0 Å². The minimum Gasteiger partial charge on any atom is -0.317 e. The molecule has 0 bridgehead atoms. The molecule has 18 heavy (non-hydrogen) atoms. The smallest absolute Gasteiger partial charge is 0.130 e. The topological polar surface area (TPSA) is 24.1 Å². The van der Waals surface area contributed by atoms with Gasteiger partial charge in [-0.25, -0.2) is 8.78 Å². The van der Waals surface area contributed by atoms with E-state index in [4.69, 9.17) is 0 Å². The Hall–Kier alpha value is -0.420. The molecule has 1 heterocycles. The standard InChI is InChI=1S/C12H16F2N2.2ClH/c13-11-2-1-3-12(14)10(11)8-16-9-4-6-15-7-5-9;;/h1-3,9,15-16H,4-8H2;2*1H. The van der Waals surface area contributed by atoms with E-state index in [1.807, 2.05) is 0 Å². The fourth-order valence-corrected chi connectivity index (χ4v) is 1.97. The molecule has 0 saturated carbocycles. The molecule has 0 aliphatic carbocycles. The average Bonchev–Trinajstić information content (AvgIpc) is 2.30. The Morgan fingerprint density at radius 2 is 1.67 bits per heavy atom. The first-order valence-corrected chi connectivity index (χ1v) is 5.64. The van der Waals surface area contributed by atoms with Crippen LogP contribution in [-0.4, -0.2) is 19.1 Å². The Morgan fingerprint density at radius 1 is 1.11 bits per heavy atom. The molecule has 0 atom stereocenters. The molecule has 1 saturated heterocycles. The van der Waals surface area contributed by atoms with Gasteiger partial charge in [0.2, 0.25) is 0 Å². The van der Waals surface area contributed by atoms with Crippen molar-refractivity contribution >= 4 is 24.8 Å². The van der Waals surface area contributed by atoms with Crippen LogP contribution in [0.25, 0.3) is 0 Å². The van der Waals surface area contributed by atoms with Crippen molar-refractivity contribution in [2.45, 2.75) is 25.4 Å².